The van der Waals surface area contributed by atoms with Gasteiger partial charge in [-0.05, 0) is 41.2 Å². The number of hydrogen-bond acceptors (Lipinski definition) is 5. The smallest absolute Gasteiger partial charge is 0.271 e. The monoisotopic (exact) mass is 415 g/mol. The van der Waals surface area contributed by atoms with Gasteiger partial charge >= 0.3 is 5.69 Å². The summed E-state index contributed by atoms with van der Waals surface area (Å²) in [5.41, 5.74) is 4.20. The first-order valence-corrected chi connectivity index (χ1v) is 10.9. The number of hydrogen-bond donors (Lipinski definition) is 1. The van der Waals surface area contributed by atoms with Gasteiger partial charge in [-0.1, -0.05) is 61.9 Å². The van der Waals surface area contributed by atoms with Gasteiger partial charge in [0, 0.05) is 18.5 Å². The average molecular weight is 416 g/mol. The first-order chi connectivity index (χ1) is 15.3. The van der Waals surface area contributed by atoms with Crippen LogP contribution in [0.2, 0.25) is 0 Å². The molecular weight excluding hydrogens is 390 g/mol. The number of aromatic amines is 1. The minimum atomic E-state index is 0.0136. The first-order valence-electron chi connectivity index (χ1n) is 10.9. The molecule has 1 N–H and O–H groups in total. The number of aromatic nitrogens is 7. The van der Waals surface area contributed by atoms with Crippen LogP contribution in [0.1, 0.15) is 50.0 Å². The Labute approximate surface area is 179 Å². The second-order valence-corrected chi connectivity index (χ2v) is 7.96. The van der Waals surface area contributed by atoms with E-state index in [0.29, 0.717) is 12.4 Å². The standard InChI is InChI=1S/C23H25N7O/c1-2-3-15-29-23(31)30-20(9-6-10-21(30)26-29)17-13-11-16(12-14-17)18-7-4-5-8-19(18)22-24-27-28-25-22/h4-5,7-8,11-14,20H,2-3,6,9-10,15H2,1H3,(H,24,25,27,28). The predicted molar refractivity (Wildman–Crippen MR) is 118 cm³/mol. The fourth-order valence-corrected chi connectivity index (χ4v) is 4.39. The van der Waals surface area contributed by atoms with Gasteiger partial charge in [0.05, 0.1) is 6.04 Å². The quantitative estimate of drug-likeness (QED) is 0.519. The van der Waals surface area contributed by atoms with Crippen molar-refractivity contribution in [2.24, 2.45) is 0 Å². The van der Waals surface area contributed by atoms with E-state index in [0.717, 1.165) is 60.2 Å². The molecule has 0 saturated carbocycles. The lowest BCUT2D eigenvalue weighted by Crippen LogP contribution is -2.31. The third-order valence-corrected chi connectivity index (χ3v) is 5.97. The van der Waals surface area contributed by atoms with Crippen molar-refractivity contribution < 1.29 is 0 Å². The fourth-order valence-electron chi connectivity index (χ4n) is 4.39. The molecule has 0 amide bonds. The summed E-state index contributed by atoms with van der Waals surface area (Å²) >= 11 is 0. The van der Waals surface area contributed by atoms with E-state index in [9.17, 15) is 4.79 Å². The summed E-state index contributed by atoms with van der Waals surface area (Å²) in [5.74, 6) is 1.48. The third kappa shape index (κ3) is 3.58. The lowest BCUT2D eigenvalue weighted by molar-refractivity contribution is 0.439. The molecule has 2 aromatic carbocycles. The van der Waals surface area contributed by atoms with Crippen LogP contribution in [0.3, 0.4) is 0 Å². The van der Waals surface area contributed by atoms with Gasteiger partial charge in [0.1, 0.15) is 5.82 Å². The van der Waals surface area contributed by atoms with Crippen molar-refractivity contribution in [3.8, 4) is 22.5 Å². The summed E-state index contributed by atoms with van der Waals surface area (Å²) in [6, 6.07) is 16.5. The van der Waals surface area contributed by atoms with Crippen LogP contribution in [0.5, 0.6) is 0 Å². The third-order valence-electron chi connectivity index (χ3n) is 5.97. The van der Waals surface area contributed by atoms with Gasteiger partial charge in [0.2, 0.25) is 5.82 Å². The van der Waals surface area contributed by atoms with E-state index in [4.69, 9.17) is 0 Å². The molecule has 4 aromatic rings. The molecule has 1 aliphatic rings. The van der Waals surface area contributed by atoms with Crippen molar-refractivity contribution in [1.82, 2.24) is 35.0 Å². The fraction of sp³-hybridized carbons (Fsp3) is 0.348. The molecule has 5 rings (SSSR count). The maximum Gasteiger partial charge on any atom is 0.346 e. The van der Waals surface area contributed by atoms with E-state index in [1.165, 1.54) is 0 Å². The Morgan fingerprint density at radius 2 is 1.90 bits per heavy atom. The highest BCUT2D eigenvalue weighted by molar-refractivity contribution is 5.80. The van der Waals surface area contributed by atoms with Crippen LogP contribution in [0.25, 0.3) is 22.5 Å². The average Bonchev–Trinajstić information content (AvgIpc) is 3.46. The summed E-state index contributed by atoms with van der Waals surface area (Å²) in [5, 5.41) is 19.1. The van der Waals surface area contributed by atoms with Crippen LogP contribution in [-0.4, -0.2) is 35.0 Å². The highest BCUT2D eigenvalue weighted by Crippen LogP contribution is 2.33. The summed E-state index contributed by atoms with van der Waals surface area (Å²) in [4.78, 5) is 13.0. The van der Waals surface area contributed by atoms with Crippen LogP contribution in [0.15, 0.2) is 53.3 Å². The number of aryl methyl sites for hydroxylation is 2. The SMILES string of the molecule is CCCCn1nc2n(c1=O)C(c1ccc(-c3ccccc3-c3nn[nH]n3)cc1)CCC2. The Morgan fingerprint density at radius 3 is 2.65 bits per heavy atom. The zero-order valence-electron chi connectivity index (χ0n) is 17.5. The predicted octanol–water partition coefficient (Wildman–Crippen LogP) is 3.62. The van der Waals surface area contributed by atoms with E-state index in [1.807, 2.05) is 22.8 Å². The van der Waals surface area contributed by atoms with Crippen LogP contribution in [-0.2, 0) is 13.0 Å². The van der Waals surface area contributed by atoms with Crippen LogP contribution in [0, 0.1) is 0 Å². The normalized spacial score (nSPS) is 15.7. The molecule has 0 saturated heterocycles. The van der Waals surface area contributed by atoms with Crippen molar-refractivity contribution >= 4 is 0 Å². The van der Waals surface area contributed by atoms with Gasteiger partial charge in [-0.2, -0.15) is 10.3 Å². The van der Waals surface area contributed by atoms with Crippen molar-refractivity contribution in [2.45, 2.75) is 51.6 Å². The van der Waals surface area contributed by atoms with E-state index in [1.54, 1.807) is 4.68 Å². The van der Waals surface area contributed by atoms with Crippen molar-refractivity contribution in [2.75, 3.05) is 0 Å². The Morgan fingerprint density at radius 1 is 1.10 bits per heavy atom. The number of nitrogens with zero attached hydrogens (tertiary/aromatic N) is 6. The number of H-pyrrole nitrogens is 1. The lowest BCUT2D eigenvalue weighted by Gasteiger charge is -2.24. The van der Waals surface area contributed by atoms with Gasteiger partial charge in [-0.3, -0.25) is 4.57 Å². The molecular formula is C23H25N7O. The number of tetrazole rings is 1. The van der Waals surface area contributed by atoms with E-state index >= 15 is 0 Å². The van der Waals surface area contributed by atoms with E-state index in [-0.39, 0.29) is 11.7 Å². The minimum absolute atomic E-state index is 0.0136. The van der Waals surface area contributed by atoms with Crippen molar-refractivity contribution in [3.05, 3.63) is 70.4 Å². The van der Waals surface area contributed by atoms with Gasteiger partial charge < -0.3 is 0 Å². The van der Waals surface area contributed by atoms with Gasteiger partial charge in [0.15, 0.2) is 0 Å². The molecule has 8 nitrogen and oxygen atoms in total. The van der Waals surface area contributed by atoms with Crippen LogP contribution >= 0.6 is 0 Å². The molecule has 0 aliphatic carbocycles. The van der Waals surface area contributed by atoms with Gasteiger partial charge in [-0.25, -0.2) is 9.48 Å². The molecule has 3 heterocycles. The number of fused-ring (bicyclic) bond motifs is 1. The topological polar surface area (TPSA) is 94.3 Å². The molecule has 31 heavy (non-hydrogen) atoms. The Hall–Kier alpha value is -3.55. The molecule has 0 fully saturated rings. The summed E-state index contributed by atoms with van der Waals surface area (Å²) in [7, 11) is 0. The van der Waals surface area contributed by atoms with Crippen molar-refractivity contribution in [1.29, 1.82) is 0 Å². The lowest BCUT2D eigenvalue weighted by atomic mass is 9.94. The highest BCUT2D eigenvalue weighted by atomic mass is 16.2. The van der Waals surface area contributed by atoms with Crippen LogP contribution in [0.4, 0.5) is 0 Å². The summed E-state index contributed by atoms with van der Waals surface area (Å²) in [6.07, 6.45) is 4.86. The highest BCUT2D eigenvalue weighted by Gasteiger charge is 2.26. The van der Waals surface area contributed by atoms with Gasteiger partial charge in [-0.15, -0.1) is 10.2 Å². The molecule has 158 valence electrons. The maximum absolute atomic E-state index is 13.0. The van der Waals surface area contributed by atoms with Crippen LogP contribution < -0.4 is 5.69 Å². The Balaban J connectivity index is 1.48. The minimum Gasteiger partial charge on any atom is -0.271 e. The number of rotatable bonds is 6. The molecule has 1 atom stereocenters. The van der Waals surface area contributed by atoms with Gasteiger partial charge in [0.25, 0.3) is 0 Å². The molecule has 0 bridgehead atoms. The first kappa shape index (κ1) is 19.4. The van der Waals surface area contributed by atoms with E-state index in [2.05, 4.69) is 63.0 Å². The second-order valence-electron chi connectivity index (χ2n) is 7.96. The number of benzene rings is 2. The molecule has 8 heteroatoms. The molecule has 0 radical (unpaired) electrons. The molecule has 1 unspecified atom stereocenters. The van der Waals surface area contributed by atoms with E-state index < -0.39 is 0 Å². The zero-order chi connectivity index (χ0) is 21.2. The zero-order valence-corrected chi connectivity index (χ0v) is 17.5. The maximum atomic E-state index is 13.0. The molecule has 0 spiro atoms. The van der Waals surface area contributed by atoms with Crippen molar-refractivity contribution in [3.63, 3.8) is 0 Å². The molecule has 2 aromatic heterocycles. The number of unbranched alkanes of at least 4 members (excludes halogenated alkanes) is 1. The summed E-state index contributed by atoms with van der Waals surface area (Å²) < 4.78 is 3.55. The Bertz CT molecular complexity index is 1220. The Kier molecular flexibility index (Phi) is 5.19. The number of nitrogens with one attached hydrogen (secondary N) is 1. The second kappa shape index (κ2) is 8.29. The summed E-state index contributed by atoms with van der Waals surface area (Å²) in [6.45, 7) is 2.82. The molecule has 1 aliphatic heterocycles. The largest absolute Gasteiger partial charge is 0.346 e.